The number of carbonyl (C=O) groups excluding carboxylic acids is 1. The van der Waals surface area contributed by atoms with E-state index in [1.54, 1.807) is 26.2 Å². The van der Waals surface area contributed by atoms with Gasteiger partial charge in [0.05, 0.1) is 37.9 Å². The third kappa shape index (κ3) is 5.11. The third-order valence-corrected chi connectivity index (χ3v) is 4.73. The number of carbonyl (C=O) groups is 1. The lowest BCUT2D eigenvalue weighted by atomic mass is 10.1. The molecule has 1 amide bonds. The number of methoxy groups -OCH3 is 2. The molecule has 0 saturated heterocycles. The predicted octanol–water partition coefficient (Wildman–Crippen LogP) is 2.31. The lowest BCUT2D eigenvalue weighted by Gasteiger charge is -2.22. The number of nitro benzene ring substituents is 1. The number of hydrogen-bond acceptors (Lipinski definition) is 5. The summed E-state index contributed by atoms with van der Waals surface area (Å²) in [5.74, 6) is 0.683. The van der Waals surface area contributed by atoms with Crippen LogP contribution in [0.4, 0.5) is 11.4 Å². The summed E-state index contributed by atoms with van der Waals surface area (Å²) in [6, 6.07) is 8.98. The molecule has 2 aromatic rings. The molecule has 0 heterocycles. The van der Waals surface area contributed by atoms with Gasteiger partial charge in [-0.2, -0.15) is 0 Å². The van der Waals surface area contributed by atoms with Crippen LogP contribution in [0.3, 0.4) is 0 Å². The van der Waals surface area contributed by atoms with Crippen molar-refractivity contribution in [1.82, 2.24) is 0 Å². The molecule has 0 fully saturated rings. The minimum atomic E-state index is -0.521. The van der Waals surface area contributed by atoms with Gasteiger partial charge in [-0.25, -0.2) is 0 Å². The first-order chi connectivity index (χ1) is 13.3. The molecular weight excluding hydrogens is 386 g/mol. The van der Waals surface area contributed by atoms with Crippen LogP contribution in [0.15, 0.2) is 36.4 Å². The molecule has 0 aliphatic rings. The van der Waals surface area contributed by atoms with E-state index in [-0.39, 0.29) is 17.3 Å². The van der Waals surface area contributed by atoms with E-state index in [9.17, 15) is 14.9 Å². The maximum absolute atomic E-state index is 12.7. The van der Waals surface area contributed by atoms with Gasteiger partial charge in [0.15, 0.2) is 6.04 Å². The van der Waals surface area contributed by atoms with Crippen molar-refractivity contribution in [3.8, 4) is 11.5 Å². The van der Waals surface area contributed by atoms with E-state index in [1.807, 2.05) is 13.1 Å². The Balaban J connectivity index is 2.12. The minimum Gasteiger partial charge on any atom is -0.496 e. The highest BCUT2D eigenvalue weighted by atomic mass is 35.5. The Morgan fingerprint density at radius 2 is 1.89 bits per heavy atom. The van der Waals surface area contributed by atoms with E-state index >= 15 is 0 Å². The van der Waals surface area contributed by atoms with Gasteiger partial charge in [0.2, 0.25) is 0 Å². The molecule has 2 aromatic carbocycles. The average molecular weight is 409 g/mol. The summed E-state index contributed by atoms with van der Waals surface area (Å²) in [5.41, 5.74) is 1.15. The van der Waals surface area contributed by atoms with Crippen LogP contribution in [0.5, 0.6) is 11.5 Å². The van der Waals surface area contributed by atoms with Crippen LogP contribution >= 0.6 is 11.6 Å². The number of halogens is 1. The van der Waals surface area contributed by atoms with Gasteiger partial charge >= 0.3 is 0 Å². The van der Waals surface area contributed by atoms with Gasteiger partial charge in [-0.3, -0.25) is 14.9 Å². The van der Waals surface area contributed by atoms with Crippen LogP contribution < -0.4 is 19.7 Å². The fraction of sp³-hybridized carbons (Fsp3) is 0.316. The van der Waals surface area contributed by atoms with Crippen molar-refractivity contribution in [1.29, 1.82) is 0 Å². The van der Waals surface area contributed by atoms with E-state index in [0.717, 1.165) is 10.5 Å². The third-order valence-electron chi connectivity index (χ3n) is 4.50. The molecule has 1 unspecified atom stereocenters. The number of likely N-dealkylation sites (N-methyl/N-ethyl adjacent to an activating group) is 1. The van der Waals surface area contributed by atoms with Crippen LogP contribution in [0.1, 0.15) is 12.5 Å². The normalized spacial score (nSPS) is 12.8. The van der Waals surface area contributed by atoms with Crippen LogP contribution in [0.2, 0.25) is 5.02 Å². The van der Waals surface area contributed by atoms with Crippen molar-refractivity contribution in [2.24, 2.45) is 0 Å². The van der Waals surface area contributed by atoms with Crippen molar-refractivity contribution in [2.75, 3.05) is 26.6 Å². The number of ether oxygens (including phenoxy) is 2. The fourth-order valence-corrected chi connectivity index (χ4v) is 2.90. The Bertz CT molecular complexity index is 875. The molecule has 2 atom stereocenters. The molecule has 0 aliphatic carbocycles. The SMILES string of the molecule is COc1ccc(Cl)cc1C[NH+](C)[C@H](C)C(=O)Nc1ccc([N+](=O)[O-])cc1OC. The number of non-ortho nitro benzene ring substituents is 1. The largest absolute Gasteiger partial charge is 0.496 e. The lowest BCUT2D eigenvalue weighted by Crippen LogP contribution is -3.12. The molecular formula is C19H23ClN3O5+. The van der Waals surface area contributed by atoms with E-state index in [0.29, 0.717) is 23.0 Å². The minimum absolute atomic E-state index is 0.112. The number of benzene rings is 2. The second-order valence-corrected chi connectivity index (χ2v) is 6.77. The molecule has 0 saturated carbocycles. The zero-order valence-electron chi connectivity index (χ0n) is 16.1. The maximum Gasteiger partial charge on any atom is 0.282 e. The Kier molecular flexibility index (Phi) is 7.19. The van der Waals surface area contributed by atoms with Gasteiger partial charge in [0.25, 0.3) is 11.6 Å². The summed E-state index contributed by atoms with van der Waals surface area (Å²) < 4.78 is 10.5. The second-order valence-electron chi connectivity index (χ2n) is 6.33. The monoisotopic (exact) mass is 408 g/mol. The zero-order chi connectivity index (χ0) is 20.8. The first-order valence-corrected chi connectivity index (χ1v) is 8.92. The van der Waals surface area contributed by atoms with Crippen molar-refractivity contribution in [2.45, 2.75) is 19.5 Å². The smallest absolute Gasteiger partial charge is 0.282 e. The van der Waals surface area contributed by atoms with Crippen LogP contribution in [-0.4, -0.2) is 38.1 Å². The Morgan fingerprint density at radius 3 is 2.50 bits per heavy atom. The predicted molar refractivity (Wildman–Crippen MR) is 106 cm³/mol. The molecule has 9 heteroatoms. The molecule has 2 N–H and O–H groups in total. The quantitative estimate of drug-likeness (QED) is 0.516. The summed E-state index contributed by atoms with van der Waals surface area (Å²) in [5, 5.41) is 14.3. The molecule has 150 valence electrons. The van der Waals surface area contributed by atoms with E-state index in [1.165, 1.54) is 25.3 Å². The highest BCUT2D eigenvalue weighted by Crippen LogP contribution is 2.29. The fourth-order valence-electron chi connectivity index (χ4n) is 2.70. The lowest BCUT2D eigenvalue weighted by molar-refractivity contribution is -0.907. The topological polar surface area (TPSA) is 95.1 Å². The van der Waals surface area contributed by atoms with Crippen LogP contribution in [0, 0.1) is 10.1 Å². The maximum atomic E-state index is 12.7. The van der Waals surface area contributed by atoms with Gasteiger partial charge in [0.1, 0.15) is 18.0 Å². The molecule has 0 radical (unpaired) electrons. The first kappa shape index (κ1) is 21.5. The average Bonchev–Trinajstić information content (AvgIpc) is 2.67. The molecule has 0 bridgehead atoms. The zero-order valence-corrected chi connectivity index (χ0v) is 16.9. The molecule has 8 nitrogen and oxygen atoms in total. The molecule has 0 spiro atoms. The van der Waals surface area contributed by atoms with E-state index < -0.39 is 11.0 Å². The standard InChI is InChI=1S/C19H22ClN3O5/c1-12(22(2)11-13-9-14(20)5-8-17(13)27-3)19(24)21-16-7-6-15(23(25)26)10-18(16)28-4/h5-10,12H,11H2,1-4H3,(H,21,24)/p+1/t12-/m1/s1. The van der Waals surface area contributed by atoms with Gasteiger partial charge in [-0.15, -0.1) is 0 Å². The second kappa shape index (κ2) is 9.38. The first-order valence-electron chi connectivity index (χ1n) is 8.54. The highest BCUT2D eigenvalue weighted by Gasteiger charge is 2.24. The summed E-state index contributed by atoms with van der Waals surface area (Å²) in [6.07, 6.45) is 0. The van der Waals surface area contributed by atoms with Gasteiger partial charge < -0.3 is 19.7 Å². The Morgan fingerprint density at radius 1 is 1.21 bits per heavy atom. The number of anilines is 1. The molecule has 2 rings (SSSR count). The van der Waals surface area contributed by atoms with E-state index in [4.69, 9.17) is 21.1 Å². The number of nitro groups is 1. The number of quaternary nitrogens is 1. The molecule has 0 aromatic heterocycles. The summed E-state index contributed by atoms with van der Waals surface area (Å²) in [6.45, 7) is 2.31. The van der Waals surface area contributed by atoms with Gasteiger partial charge in [-0.05, 0) is 31.2 Å². The highest BCUT2D eigenvalue weighted by molar-refractivity contribution is 6.30. The van der Waals surface area contributed by atoms with Crippen molar-refractivity contribution >= 4 is 28.9 Å². The number of nitrogens with zero attached hydrogens (tertiary/aromatic N) is 1. The van der Waals surface area contributed by atoms with Gasteiger partial charge in [-0.1, -0.05) is 11.6 Å². The number of amides is 1. The summed E-state index contributed by atoms with van der Waals surface area (Å²) in [7, 11) is 4.86. The number of hydrogen-bond donors (Lipinski definition) is 2. The van der Waals surface area contributed by atoms with Crippen molar-refractivity contribution in [3.05, 3.63) is 57.1 Å². The van der Waals surface area contributed by atoms with Crippen molar-refractivity contribution < 1.29 is 24.1 Å². The molecule has 0 aliphatic heterocycles. The van der Waals surface area contributed by atoms with Gasteiger partial charge in [0, 0.05) is 16.7 Å². The Hall–Kier alpha value is -2.84. The summed E-state index contributed by atoms with van der Waals surface area (Å²) in [4.78, 5) is 24.0. The van der Waals surface area contributed by atoms with Crippen molar-refractivity contribution in [3.63, 3.8) is 0 Å². The summed E-state index contributed by atoms with van der Waals surface area (Å²) >= 11 is 6.07. The Labute approximate surface area is 168 Å². The number of rotatable bonds is 8. The number of nitrogens with one attached hydrogen (secondary N) is 2. The van der Waals surface area contributed by atoms with Crippen LogP contribution in [-0.2, 0) is 11.3 Å². The van der Waals surface area contributed by atoms with E-state index in [2.05, 4.69) is 5.32 Å². The molecule has 28 heavy (non-hydrogen) atoms. The van der Waals surface area contributed by atoms with Crippen LogP contribution in [0.25, 0.3) is 0 Å².